The first-order chi connectivity index (χ1) is 19.5. The van der Waals surface area contributed by atoms with Crippen LogP contribution >= 0.6 is 0 Å². The number of carboxylic acids is 2. The summed E-state index contributed by atoms with van der Waals surface area (Å²) in [5.74, 6) is -5.10. The van der Waals surface area contributed by atoms with Crippen LogP contribution in [0.3, 0.4) is 0 Å². The van der Waals surface area contributed by atoms with Gasteiger partial charge in [-0.2, -0.15) is 26.3 Å². The Bertz CT molecular complexity index is 1230. The van der Waals surface area contributed by atoms with E-state index >= 15 is 0 Å². The molecule has 1 aromatic heterocycles. The lowest BCUT2D eigenvalue weighted by Crippen LogP contribution is -2.40. The van der Waals surface area contributed by atoms with Crippen molar-refractivity contribution in [2.24, 2.45) is 11.7 Å². The maximum Gasteiger partial charge on any atom is 0.490 e. The maximum atomic E-state index is 12.6. The average Bonchev–Trinajstić information content (AvgIpc) is 2.93. The van der Waals surface area contributed by atoms with Crippen molar-refractivity contribution < 1.29 is 55.7 Å². The molecule has 11 nitrogen and oxygen atoms in total. The summed E-state index contributed by atoms with van der Waals surface area (Å²) in [4.78, 5) is 38.6. The van der Waals surface area contributed by atoms with Crippen molar-refractivity contribution >= 4 is 29.6 Å². The third-order valence-electron chi connectivity index (χ3n) is 6.09. The molecule has 0 bridgehead atoms. The first kappa shape index (κ1) is 33.6. The molecular weight excluding hydrogens is 580 g/mol. The van der Waals surface area contributed by atoms with E-state index in [1.165, 1.54) is 5.56 Å². The van der Waals surface area contributed by atoms with E-state index in [2.05, 4.69) is 9.88 Å². The van der Waals surface area contributed by atoms with Crippen LogP contribution < -0.4 is 15.4 Å². The molecule has 2 aliphatic rings. The molecule has 0 amide bonds. The summed E-state index contributed by atoms with van der Waals surface area (Å²) >= 11 is 0. The van der Waals surface area contributed by atoms with Gasteiger partial charge in [-0.3, -0.25) is 15.2 Å². The number of aromatic nitrogens is 1. The number of pyridine rings is 1. The number of guanidine groups is 1. The van der Waals surface area contributed by atoms with E-state index in [1.807, 2.05) is 35.2 Å². The number of carbonyl (C=O) groups is 3. The van der Waals surface area contributed by atoms with Crippen molar-refractivity contribution in [1.29, 1.82) is 5.41 Å². The van der Waals surface area contributed by atoms with Crippen LogP contribution in [-0.4, -0.2) is 76.0 Å². The second-order valence-electron chi connectivity index (χ2n) is 8.98. The minimum Gasteiger partial charge on any atom is -0.475 e. The van der Waals surface area contributed by atoms with Crippen molar-refractivity contribution in [2.75, 3.05) is 24.5 Å². The molecule has 2 aromatic rings. The summed E-state index contributed by atoms with van der Waals surface area (Å²) in [7, 11) is 0. The number of esters is 1. The monoisotopic (exact) mass is 607 g/mol. The zero-order chi connectivity index (χ0) is 31.7. The summed E-state index contributed by atoms with van der Waals surface area (Å²) in [5.41, 5.74) is 9.05. The number of anilines is 1. The Morgan fingerprint density at radius 1 is 0.905 bits per heavy atom. The van der Waals surface area contributed by atoms with Crippen LogP contribution in [0.25, 0.3) is 0 Å². The minimum absolute atomic E-state index is 0.0778. The second-order valence-corrected chi connectivity index (χ2v) is 8.98. The van der Waals surface area contributed by atoms with Gasteiger partial charge in [-0.15, -0.1) is 0 Å². The van der Waals surface area contributed by atoms with Gasteiger partial charge < -0.3 is 30.5 Å². The summed E-state index contributed by atoms with van der Waals surface area (Å²) < 4.78 is 69.2. The van der Waals surface area contributed by atoms with Gasteiger partial charge in [0.05, 0.1) is 5.92 Å². The number of nitrogens with one attached hydrogen (secondary N) is 1. The Morgan fingerprint density at radius 3 is 1.90 bits per heavy atom. The first-order valence-corrected chi connectivity index (χ1v) is 12.2. The highest BCUT2D eigenvalue weighted by Gasteiger charge is 2.39. The van der Waals surface area contributed by atoms with Gasteiger partial charge in [0.25, 0.3) is 0 Å². The summed E-state index contributed by atoms with van der Waals surface area (Å²) in [6.45, 7) is 3.00. The molecule has 3 heterocycles. The standard InChI is InChI=1S/C21H25N5O2.2C2HF3O2/c22-21(23)26-12-5-15-1-2-19(13-17(15)14-26)28-20(27)16-6-10-25(11-7-16)18-3-8-24-9-4-18;2*3-2(4,5)1(6)7/h1-4,8-9,13,16H,5-7,10-12,14H2,(H3,22,23);2*(H,6,7). The van der Waals surface area contributed by atoms with Crippen LogP contribution in [0.5, 0.6) is 5.75 Å². The van der Waals surface area contributed by atoms with Crippen LogP contribution in [0.2, 0.25) is 0 Å². The predicted molar refractivity (Wildman–Crippen MR) is 135 cm³/mol. The molecule has 0 spiro atoms. The molecule has 1 fully saturated rings. The van der Waals surface area contributed by atoms with Gasteiger partial charge in [-0.05, 0) is 54.7 Å². The number of piperidine rings is 1. The number of carboxylic acid groups (broad SMARTS) is 2. The Morgan fingerprint density at radius 2 is 1.43 bits per heavy atom. The van der Waals surface area contributed by atoms with Crippen molar-refractivity contribution in [2.45, 2.75) is 38.2 Å². The molecule has 0 unspecified atom stereocenters. The number of alkyl halides is 6. The SMILES string of the molecule is N=C(N)N1CCc2ccc(OC(=O)C3CCN(c4ccncc4)CC3)cc2C1.O=C(O)C(F)(F)F.O=C(O)C(F)(F)F. The number of rotatable bonds is 3. The highest BCUT2D eigenvalue weighted by atomic mass is 19.4. The fraction of sp³-hybridized carbons (Fsp3) is 0.400. The van der Waals surface area contributed by atoms with Gasteiger partial charge >= 0.3 is 30.3 Å². The highest BCUT2D eigenvalue weighted by Crippen LogP contribution is 2.27. The highest BCUT2D eigenvalue weighted by molar-refractivity contribution is 5.76. The number of halogens is 6. The van der Waals surface area contributed by atoms with Crippen molar-refractivity contribution in [3.63, 3.8) is 0 Å². The van der Waals surface area contributed by atoms with E-state index < -0.39 is 24.3 Å². The van der Waals surface area contributed by atoms with Crippen molar-refractivity contribution in [3.05, 3.63) is 53.9 Å². The number of benzene rings is 1. The number of nitrogens with zero attached hydrogens (tertiary/aromatic N) is 3. The molecule has 17 heteroatoms. The number of hydrogen-bond donors (Lipinski definition) is 4. The van der Waals surface area contributed by atoms with Gasteiger partial charge in [0.15, 0.2) is 5.96 Å². The van der Waals surface area contributed by atoms with E-state index in [0.717, 1.165) is 50.1 Å². The zero-order valence-corrected chi connectivity index (χ0v) is 21.8. The lowest BCUT2D eigenvalue weighted by molar-refractivity contribution is -0.193. The smallest absolute Gasteiger partial charge is 0.475 e. The molecule has 4 rings (SSSR count). The normalized spacial score (nSPS) is 15.2. The zero-order valence-electron chi connectivity index (χ0n) is 21.8. The topological polar surface area (TPSA) is 170 Å². The van der Waals surface area contributed by atoms with E-state index in [1.54, 1.807) is 12.4 Å². The molecule has 1 saturated heterocycles. The molecule has 42 heavy (non-hydrogen) atoms. The molecule has 230 valence electrons. The predicted octanol–water partition coefficient (Wildman–Crippen LogP) is 3.42. The number of nitrogens with two attached hydrogens (primary N) is 1. The van der Waals surface area contributed by atoms with Crippen molar-refractivity contribution in [3.8, 4) is 5.75 Å². The van der Waals surface area contributed by atoms with E-state index in [-0.39, 0.29) is 17.8 Å². The summed E-state index contributed by atoms with van der Waals surface area (Å²) in [5, 5.41) is 21.9. The molecule has 2 aliphatic heterocycles. The maximum absolute atomic E-state index is 12.6. The van der Waals surface area contributed by atoms with E-state index in [0.29, 0.717) is 12.3 Å². The van der Waals surface area contributed by atoms with Crippen LogP contribution in [0.1, 0.15) is 24.0 Å². The van der Waals surface area contributed by atoms with Crippen molar-refractivity contribution in [1.82, 2.24) is 9.88 Å². The Labute approximate surface area is 235 Å². The molecule has 5 N–H and O–H groups in total. The van der Waals surface area contributed by atoms with Crippen LogP contribution in [-0.2, 0) is 27.3 Å². The Kier molecular flexibility index (Phi) is 11.5. The summed E-state index contributed by atoms with van der Waals surface area (Å²) in [6, 6.07) is 9.79. The molecular formula is C25H27F6N5O6. The largest absolute Gasteiger partial charge is 0.490 e. The number of fused-ring (bicyclic) bond motifs is 1. The molecule has 1 aromatic carbocycles. The fourth-order valence-corrected chi connectivity index (χ4v) is 3.93. The third-order valence-corrected chi connectivity index (χ3v) is 6.09. The quantitative estimate of drug-likeness (QED) is 0.133. The van der Waals surface area contributed by atoms with E-state index in [9.17, 15) is 31.1 Å². The van der Waals surface area contributed by atoms with Gasteiger partial charge in [-0.25, -0.2) is 9.59 Å². The van der Waals surface area contributed by atoms with Gasteiger partial charge in [0.2, 0.25) is 0 Å². The minimum atomic E-state index is -5.08. The molecule has 0 atom stereocenters. The average molecular weight is 608 g/mol. The van der Waals surface area contributed by atoms with E-state index in [4.69, 9.17) is 35.7 Å². The number of aliphatic carboxylic acids is 2. The van der Waals surface area contributed by atoms with Gasteiger partial charge in [0.1, 0.15) is 5.75 Å². The van der Waals surface area contributed by atoms with Gasteiger partial charge in [0, 0.05) is 44.3 Å². The summed E-state index contributed by atoms with van der Waals surface area (Å²) in [6.07, 6.45) is -4.18. The lowest BCUT2D eigenvalue weighted by atomic mass is 9.96. The fourth-order valence-electron chi connectivity index (χ4n) is 3.93. The second kappa shape index (κ2) is 14.4. The molecule has 0 aliphatic carbocycles. The molecule has 0 radical (unpaired) electrons. The van der Waals surface area contributed by atoms with Crippen LogP contribution in [0, 0.1) is 11.3 Å². The Hall–Kier alpha value is -4.57. The number of ether oxygens (including phenoxy) is 1. The lowest BCUT2D eigenvalue weighted by Gasteiger charge is -2.32. The Balaban J connectivity index is 0.000000367. The number of hydrogen-bond acceptors (Lipinski definition) is 7. The number of carbonyl (C=O) groups excluding carboxylic acids is 1. The van der Waals surface area contributed by atoms with Crippen LogP contribution in [0.15, 0.2) is 42.7 Å². The van der Waals surface area contributed by atoms with Gasteiger partial charge in [-0.1, -0.05) is 6.07 Å². The molecule has 0 saturated carbocycles. The van der Waals surface area contributed by atoms with Crippen LogP contribution in [0.4, 0.5) is 32.0 Å². The third kappa shape index (κ3) is 10.4. The first-order valence-electron chi connectivity index (χ1n) is 12.2.